The minimum Gasteiger partial charge on any atom is -0.382 e. The highest BCUT2D eigenvalue weighted by Crippen LogP contribution is 2.41. The predicted molar refractivity (Wildman–Crippen MR) is 77.3 cm³/mol. The van der Waals surface area contributed by atoms with Gasteiger partial charge < -0.3 is 8.37 Å². The average Bonchev–Trinajstić information content (AvgIpc) is 2.40. The van der Waals surface area contributed by atoms with Crippen molar-refractivity contribution in [2.75, 3.05) is 0 Å². The number of rotatable bonds is 6. The molecule has 0 unspecified atom stereocenters. The molecule has 0 aliphatic heterocycles. The molecule has 0 amide bonds. The lowest BCUT2D eigenvalue weighted by molar-refractivity contribution is -0.229. The van der Waals surface area contributed by atoms with E-state index in [9.17, 15) is 69.5 Å². The molecule has 0 fully saturated rings. The fourth-order valence-corrected chi connectivity index (χ4v) is 4.20. The van der Waals surface area contributed by atoms with E-state index in [1.807, 2.05) is 0 Å². The summed E-state index contributed by atoms with van der Waals surface area (Å²) in [6, 6.07) is 0.454. The minimum atomic E-state index is -6.50. The van der Waals surface area contributed by atoms with Crippen molar-refractivity contribution < 1.29 is 77.9 Å². The van der Waals surface area contributed by atoms with Gasteiger partial charge in [0, 0.05) is 0 Å². The van der Waals surface area contributed by atoms with Gasteiger partial charge in [-0.1, -0.05) is 0 Å². The molecule has 1 aromatic carbocycles. The Morgan fingerprint density at radius 1 is 0.500 bits per heavy atom. The van der Waals surface area contributed by atoms with Gasteiger partial charge in [-0.2, -0.15) is 69.5 Å². The van der Waals surface area contributed by atoms with Gasteiger partial charge in [-0.3, -0.25) is 0 Å². The van der Waals surface area contributed by atoms with Crippen LogP contribution in [0.5, 0.6) is 11.5 Å². The van der Waals surface area contributed by atoms with E-state index < -0.39 is 66.9 Å². The lowest BCUT2D eigenvalue weighted by Crippen LogP contribution is -2.49. The normalized spacial score (nSPS) is 14.7. The summed E-state index contributed by atoms with van der Waals surface area (Å²) in [5.41, 5.74) is 0. The molecule has 20 heteroatoms. The lowest BCUT2D eigenvalue weighted by Gasteiger charge is -2.23. The fourth-order valence-electron chi connectivity index (χ4n) is 1.94. The van der Waals surface area contributed by atoms with Crippen LogP contribution in [0.4, 0.5) is 52.7 Å². The molecule has 0 aliphatic rings. The van der Waals surface area contributed by atoms with Gasteiger partial charge in [-0.15, -0.1) is 0 Å². The van der Waals surface area contributed by atoms with Gasteiger partial charge in [0.25, 0.3) is 10.5 Å². The number of alkyl halides is 12. The number of benzene rings is 1. The Kier molecular flexibility index (Phi) is 7.28. The Bertz CT molecular complexity index is 892. The molecule has 0 aromatic heterocycles. The van der Waals surface area contributed by atoms with Gasteiger partial charge in [-0.05, 0) is 24.3 Å². The van der Waals surface area contributed by atoms with E-state index in [0.717, 1.165) is 0 Å². The largest absolute Gasteiger partial charge is 0.417 e. The molecular weight excluding hydrogens is 532 g/mol. The molecule has 1 rings (SSSR count). The van der Waals surface area contributed by atoms with Crippen molar-refractivity contribution in [1.29, 1.82) is 0 Å². The highest BCUT2D eigenvalue weighted by molar-refractivity contribution is 7.88. The zero-order chi connectivity index (χ0) is 25.6. The van der Waals surface area contributed by atoms with Crippen molar-refractivity contribution in [2.45, 2.75) is 35.2 Å². The van der Waals surface area contributed by atoms with E-state index in [1.54, 1.807) is 0 Å². The molecule has 0 heterocycles. The molecule has 0 N–H and O–H groups in total. The van der Waals surface area contributed by atoms with Crippen LogP contribution in [0.3, 0.4) is 0 Å². The van der Waals surface area contributed by atoms with Crippen LogP contribution in [0.25, 0.3) is 0 Å². The van der Waals surface area contributed by atoms with E-state index in [-0.39, 0.29) is 24.3 Å². The van der Waals surface area contributed by atoms with Gasteiger partial charge in [0.05, 0.1) is 0 Å². The SMILES string of the molecule is O=S(=O)(Oc1ccc(OS(=O)(=O)C(C(F)(F)F)C(F)(F)F)cc1)C(C(F)(F)F)C(F)(F)F. The lowest BCUT2D eigenvalue weighted by atomic mass is 10.3. The van der Waals surface area contributed by atoms with E-state index in [1.165, 1.54) is 0 Å². The second-order valence-electron chi connectivity index (χ2n) is 5.55. The van der Waals surface area contributed by atoms with Crippen molar-refractivity contribution in [1.82, 2.24) is 0 Å². The highest BCUT2D eigenvalue weighted by Gasteiger charge is 2.66. The summed E-state index contributed by atoms with van der Waals surface area (Å²) in [6.45, 7) is 0. The first-order valence-corrected chi connectivity index (χ1v) is 10.1. The first kappa shape index (κ1) is 27.9. The van der Waals surface area contributed by atoms with Crippen LogP contribution in [-0.4, -0.2) is 52.0 Å². The van der Waals surface area contributed by atoms with Crippen molar-refractivity contribution in [3.63, 3.8) is 0 Å². The molecule has 1 aromatic rings. The van der Waals surface area contributed by atoms with Crippen LogP contribution in [-0.2, 0) is 20.2 Å². The average molecular weight is 538 g/mol. The van der Waals surface area contributed by atoms with Crippen LogP contribution in [0, 0.1) is 0 Å². The smallest absolute Gasteiger partial charge is 0.382 e. The summed E-state index contributed by atoms with van der Waals surface area (Å²) < 4.78 is 203. The number of halogens is 12. The van der Waals surface area contributed by atoms with E-state index in [0.29, 0.717) is 0 Å². The third kappa shape index (κ3) is 6.94. The standard InChI is InChI=1S/C12H6F12O6S2/c13-9(14,15)7(10(16,17)18)31(25,26)29-5-1-2-6(4-3-5)30-32(27,28)8(11(19,20)21)12(22,23)24/h1-4,7-8H. The third-order valence-electron chi connectivity index (χ3n) is 3.02. The molecule has 0 aliphatic carbocycles. The van der Waals surface area contributed by atoms with Crippen LogP contribution in [0.15, 0.2) is 24.3 Å². The van der Waals surface area contributed by atoms with Crippen LogP contribution < -0.4 is 8.37 Å². The van der Waals surface area contributed by atoms with E-state index >= 15 is 0 Å². The maximum Gasteiger partial charge on any atom is 0.417 e. The Hall–Kier alpha value is -2.12. The molecule has 186 valence electrons. The van der Waals surface area contributed by atoms with Crippen molar-refractivity contribution in [3.05, 3.63) is 24.3 Å². The molecule has 0 atom stereocenters. The second kappa shape index (κ2) is 8.34. The number of hydrogen-bond acceptors (Lipinski definition) is 6. The maximum absolute atomic E-state index is 12.5. The van der Waals surface area contributed by atoms with Crippen molar-refractivity contribution in [2.24, 2.45) is 0 Å². The summed E-state index contributed by atoms with van der Waals surface area (Å²) in [4.78, 5) is 0. The van der Waals surface area contributed by atoms with Crippen LogP contribution in [0.1, 0.15) is 0 Å². The molecule has 32 heavy (non-hydrogen) atoms. The van der Waals surface area contributed by atoms with Gasteiger partial charge >= 0.3 is 44.9 Å². The molecular formula is C12H6F12O6S2. The summed E-state index contributed by atoms with van der Waals surface area (Å²) in [5.74, 6) is -2.67. The minimum absolute atomic E-state index is 0.113. The zero-order valence-electron chi connectivity index (χ0n) is 14.3. The van der Waals surface area contributed by atoms with Gasteiger partial charge in [0.1, 0.15) is 11.5 Å². The first-order chi connectivity index (χ1) is 13.9. The summed E-state index contributed by atoms with van der Waals surface area (Å²) in [7, 11) is -13.0. The van der Waals surface area contributed by atoms with Gasteiger partial charge in [0.15, 0.2) is 0 Å². The summed E-state index contributed by atoms with van der Waals surface area (Å²) in [5, 5.41) is -10.0. The Labute approximate surface area is 170 Å². The molecule has 0 radical (unpaired) electrons. The third-order valence-corrected chi connectivity index (χ3v) is 6.09. The van der Waals surface area contributed by atoms with Gasteiger partial charge in [0.2, 0.25) is 0 Å². The molecule has 0 bridgehead atoms. The number of hydrogen-bond donors (Lipinski definition) is 0. The maximum atomic E-state index is 12.5. The van der Waals surface area contributed by atoms with Crippen LogP contribution in [0.2, 0.25) is 0 Å². The van der Waals surface area contributed by atoms with Crippen LogP contribution >= 0.6 is 0 Å². The molecule has 0 saturated heterocycles. The quantitative estimate of drug-likeness (QED) is 0.401. The Morgan fingerprint density at radius 2 is 0.688 bits per heavy atom. The Morgan fingerprint density at radius 3 is 0.844 bits per heavy atom. The summed E-state index contributed by atoms with van der Waals surface area (Å²) >= 11 is 0. The fraction of sp³-hybridized carbons (Fsp3) is 0.500. The van der Waals surface area contributed by atoms with Crippen molar-refractivity contribution in [3.8, 4) is 11.5 Å². The van der Waals surface area contributed by atoms with Crippen molar-refractivity contribution >= 4 is 20.2 Å². The van der Waals surface area contributed by atoms with E-state index in [4.69, 9.17) is 0 Å². The zero-order valence-corrected chi connectivity index (χ0v) is 15.9. The predicted octanol–water partition coefficient (Wildman–Crippen LogP) is 4.09. The van der Waals surface area contributed by atoms with Gasteiger partial charge in [-0.25, -0.2) is 0 Å². The topological polar surface area (TPSA) is 86.7 Å². The Balaban J connectivity index is 3.20. The molecule has 0 saturated carbocycles. The second-order valence-corrected chi connectivity index (χ2v) is 8.80. The first-order valence-electron chi connectivity index (χ1n) is 7.12. The summed E-state index contributed by atoms with van der Waals surface area (Å²) in [6.07, 6.45) is -25.5. The highest BCUT2D eigenvalue weighted by atomic mass is 32.2. The van der Waals surface area contributed by atoms with E-state index in [2.05, 4.69) is 8.37 Å². The molecule has 0 spiro atoms. The molecule has 6 nitrogen and oxygen atoms in total. The monoisotopic (exact) mass is 538 g/mol.